The highest BCUT2D eigenvalue weighted by molar-refractivity contribution is 7.83. The predicted octanol–water partition coefficient (Wildman–Crippen LogP) is 3.32. The van der Waals surface area contributed by atoms with Crippen molar-refractivity contribution in [3.63, 3.8) is 0 Å². The van der Waals surface area contributed by atoms with Gasteiger partial charge >= 0.3 is 0 Å². The van der Waals surface area contributed by atoms with E-state index in [0.29, 0.717) is 17.1 Å². The van der Waals surface area contributed by atoms with E-state index in [4.69, 9.17) is 5.26 Å². The summed E-state index contributed by atoms with van der Waals surface area (Å²) in [6.45, 7) is 2.04. The Morgan fingerprint density at radius 1 is 1.05 bits per heavy atom. The average molecular weight is 269 g/mol. The van der Waals surface area contributed by atoms with Crippen LogP contribution in [-0.4, -0.2) is 4.21 Å². The third kappa shape index (κ3) is 3.77. The summed E-state index contributed by atoms with van der Waals surface area (Å²) in [5.41, 5.74) is 3.95. The molecule has 0 radical (unpaired) electrons. The summed E-state index contributed by atoms with van der Waals surface area (Å²) in [5.74, 6) is 1.10. The number of hydrogen-bond acceptors (Lipinski definition) is 2. The molecule has 2 nitrogen and oxygen atoms in total. The summed E-state index contributed by atoms with van der Waals surface area (Å²) < 4.78 is 12.1. The lowest BCUT2D eigenvalue weighted by atomic mass is 10.1. The highest BCUT2D eigenvalue weighted by atomic mass is 32.2. The summed E-state index contributed by atoms with van der Waals surface area (Å²) in [6, 6.07) is 17.4. The molecule has 2 aromatic rings. The summed E-state index contributed by atoms with van der Waals surface area (Å²) in [6.07, 6.45) is 0. The lowest BCUT2D eigenvalue weighted by Crippen LogP contribution is -2.01. The van der Waals surface area contributed by atoms with Crippen LogP contribution in [0.2, 0.25) is 0 Å². The second kappa shape index (κ2) is 6.31. The Hall–Kier alpha value is -1.92. The molecule has 96 valence electrons. The van der Waals surface area contributed by atoms with Gasteiger partial charge in [-0.3, -0.25) is 4.21 Å². The van der Waals surface area contributed by atoms with Crippen LogP contribution in [0.25, 0.3) is 0 Å². The smallest absolute Gasteiger partial charge is 0.0991 e. The van der Waals surface area contributed by atoms with Gasteiger partial charge in [0.1, 0.15) is 0 Å². The summed E-state index contributed by atoms with van der Waals surface area (Å²) in [4.78, 5) is 0. The number of benzene rings is 2. The lowest BCUT2D eigenvalue weighted by molar-refractivity contribution is 0.682. The molecule has 0 saturated carbocycles. The van der Waals surface area contributed by atoms with Crippen molar-refractivity contribution < 1.29 is 4.21 Å². The monoisotopic (exact) mass is 269 g/mol. The summed E-state index contributed by atoms with van der Waals surface area (Å²) >= 11 is 0. The van der Waals surface area contributed by atoms with E-state index < -0.39 is 10.8 Å². The Labute approximate surface area is 116 Å². The molecule has 0 aliphatic carbocycles. The fourth-order valence-electron chi connectivity index (χ4n) is 1.86. The Morgan fingerprint density at radius 3 is 2.37 bits per heavy atom. The quantitative estimate of drug-likeness (QED) is 0.854. The molecule has 0 aliphatic heterocycles. The molecule has 0 saturated heterocycles. The first-order chi connectivity index (χ1) is 9.19. The standard InChI is InChI=1S/C16H15NOS/c1-13-4-2-3-5-16(13)12-19(18)11-15-8-6-14(10-17)7-9-15/h2-9H,11-12H2,1H3. The fourth-order valence-corrected chi connectivity index (χ4v) is 3.19. The molecule has 0 spiro atoms. The van der Waals surface area contributed by atoms with Crippen LogP contribution in [-0.2, 0) is 22.3 Å². The zero-order valence-corrected chi connectivity index (χ0v) is 11.6. The van der Waals surface area contributed by atoms with E-state index in [1.807, 2.05) is 43.3 Å². The first-order valence-electron chi connectivity index (χ1n) is 6.07. The zero-order valence-electron chi connectivity index (χ0n) is 10.8. The van der Waals surface area contributed by atoms with E-state index in [-0.39, 0.29) is 0 Å². The third-order valence-electron chi connectivity index (χ3n) is 2.99. The van der Waals surface area contributed by atoms with Crippen LogP contribution in [0.5, 0.6) is 0 Å². The number of nitriles is 1. The maximum Gasteiger partial charge on any atom is 0.0991 e. The van der Waals surface area contributed by atoms with Gasteiger partial charge < -0.3 is 0 Å². The molecular formula is C16H15NOS. The number of rotatable bonds is 4. The first-order valence-corrected chi connectivity index (χ1v) is 7.56. The van der Waals surface area contributed by atoms with Crippen molar-refractivity contribution in [2.24, 2.45) is 0 Å². The minimum atomic E-state index is -0.924. The maximum absolute atomic E-state index is 12.1. The lowest BCUT2D eigenvalue weighted by Gasteiger charge is -2.06. The van der Waals surface area contributed by atoms with Crippen LogP contribution in [0.4, 0.5) is 0 Å². The number of nitrogens with zero attached hydrogens (tertiary/aromatic N) is 1. The van der Waals surface area contributed by atoms with Crippen molar-refractivity contribution in [2.75, 3.05) is 0 Å². The molecule has 0 fully saturated rings. The van der Waals surface area contributed by atoms with Crippen LogP contribution in [0.15, 0.2) is 48.5 Å². The third-order valence-corrected chi connectivity index (χ3v) is 4.28. The van der Waals surface area contributed by atoms with Crippen molar-refractivity contribution >= 4 is 10.8 Å². The Bertz CT molecular complexity index is 626. The molecule has 0 aliphatic rings. The van der Waals surface area contributed by atoms with Gasteiger partial charge in [0.25, 0.3) is 0 Å². The minimum absolute atomic E-state index is 0.528. The topological polar surface area (TPSA) is 40.9 Å². The van der Waals surface area contributed by atoms with Gasteiger partial charge in [-0.25, -0.2) is 0 Å². The first kappa shape index (κ1) is 13.5. The van der Waals surface area contributed by atoms with Gasteiger partial charge in [0.15, 0.2) is 0 Å². The van der Waals surface area contributed by atoms with E-state index in [9.17, 15) is 4.21 Å². The van der Waals surface area contributed by atoms with Crippen molar-refractivity contribution in [1.82, 2.24) is 0 Å². The van der Waals surface area contributed by atoms with E-state index >= 15 is 0 Å². The molecule has 2 aromatic carbocycles. The second-order valence-electron chi connectivity index (χ2n) is 4.46. The minimum Gasteiger partial charge on any atom is -0.259 e. The van der Waals surface area contributed by atoms with Gasteiger partial charge in [-0.2, -0.15) is 5.26 Å². The van der Waals surface area contributed by atoms with Crippen molar-refractivity contribution in [2.45, 2.75) is 18.4 Å². The maximum atomic E-state index is 12.1. The number of hydrogen-bond donors (Lipinski definition) is 0. The van der Waals surface area contributed by atoms with Gasteiger partial charge in [0.05, 0.1) is 11.6 Å². The summed E-state index contributed by atoms with van der Waals surface area (Å²) in [7, 11) is -0.924. The largest absolute Gasteiger partial charge is 0.259 e. The van der Waals surface area contributed by atoms with Gasteiger partial charge in [0, 0.05) is 22.3 Å². The molecule has 0 bridgehead atoms. The van der Waals surface area contributed by atoms with Gasteiger partial charge in [-0.05, 0) is 35.7 Å². The molecule has 0 aromatic heterocycles. The van der Waals surface area contributed by atoms with Crippen molar-refractivity contribution in [3.8, 4) is 6.07 Å². The van der Waals surface area contributed by atoms with E-state index in [0.717, 1.165) is 11.1 Å². The molecular weight excluding hydrogens is 254 g/mol. The van der Waals surface area contributed by atoms with Crippen LogP contribution in [0, 0.1) is 18.3 Å². The summed E-state index contributed by atoms with van der Waals surface area (Å²) in [5, 5.41) is 8.73. The normalized spacial score (nSPS) is 11.8. The SMILES string of the molecule is Cc1ccccc1CS(=O)Cc1ccc(C#N)cc1. The Morgan fingerprint density at radius 2 is 1.74 bits per heavy atom. The predicted molar refractivity (Wildman–Crippen MR) is 77.9 cm³/mol. The van der Waals surface area contributed by atoms with Crippen molar-refractivity contribution in [1.29, 1.82) is 5.26 Å². The van der Waals surface area contributed by atoms with Crippen LogP contribution < -0.4 is 0 Å². The second-order valence-corrected chi connectivity index (χ2v) is 5.92. The highest BCUT2D eigenvalue weighted by Crippen LogP contribution is 2.13. The van der Waals surface area contributed by atoms with Crippen LogP contribution in [0.1, 0.15) is 22.3 Å². The zero-order chi connectivity index (χ0) is 13.7. The molecule has 0 N–H and O–H groups in total. The Kier molecular flexibility index (Phi) is 4.48. The molecule has 0 heterocycles. The molecule has 1 atom stereocenters. The average Bonchev–Trinajstić information content (AvgIpc) is 2.42. The molecule has 2 rings (SSSR count). The van der Waals surface area contributed by atoms with Crippen molar-refractivity contribution in [3.05, 3.63) is 70.8 Å². The fraction of sp³-hybridized carbons (Fsp3) is 0.188. The van der Waals surface area contributed by atoms with Gasteiger partial charge in [-0.1, -0.05) is 36.4 Å². The van der Waals surface area contributed by atoms with E-state index in [1.165, 1.54) is 5.56 Å². The molecule has 1 unspecified atom stereocenters. The van der Waals surface area contributed by atoms with Gasteiger partial charge in [0.2, 0.25) is 0 Å². The van der Waals surface area contributed by atoms with Crippen LogP contribution in [0.3, 0.4) is 0 Å². The molecule has 3 heteroatoms. The highest BCUT2D eigenvalue weighted by Gasteiger charge is 2.05. The Balaban J connectivity index is 2.01. The molecule has 19 heavy (non-hydrogen) atoms. The van der Waals surface area contributed by atoms with Gasteiger partial charge in [-0.15, -0.1) is 0 Å². The van der Waals surface area contributed by atoms with Crippen LogP contribution >= 0.6 is 0 Å². The number of aryl methyl sites for hydroxylation is 1. The van der Waals surface area contributed by atoms with E-state index in [2.05, 4.69) is 6.07 Å². The molecule has 0 amide bonds. The van der Waals surface area contributed by atoms with E-state index in [1.54, 1.807) is 12.1 Å².